The fraction of sp³-hybridized carbons (Fsp3) is 0.389. The summed E-state index contributed by atoms with van der Waals surface area (Å²) in [6.45, 7) is 4.75. The van der Waals surface area contributed by atoms with Crippen LogP contribution in [0.2, 0.25) is 0 Å². The summed E-state index contributed by atoms with van der Waals surface area (Å²) in [7, 11) is 0. The number of fused-ring (bicyclic) bond motifs is 1. The first kappa shape index (κ1) is 26.6. The van der Waals surface area contributed by atoms with E-state index in [1.807, 2.05) is 65.6 Å². The maximum Gasteiger partial charge on any atom is 0.265 e. The quantitative estimate of drug-likeness (QED) is 0.310. The van der Waals surface area contributed by atoms with Gasteiger partial charge in [-0.05, 0) is 111 Å². The Hall–Kier alpha value is -3.31. The second-order valence-electron chi connectivity index (χ2n) is 13.1. The Balaban J connectivity index is 1.18. The number of rotatable bonds is 6. The molecule has 8 rings (SSSR count). The number of hydrogen-bond acceptors (Lipinski definition) is 3. The molecule has 1 heterocycles. The molecule has 4 fully saturated rings. The monoisotopic (exact) mass is 562 g/mol. The van der Waals surface area contributed by atoms with E-state index in [1.165, 1.54) is 50.3 Å². The van der Waals surface area contributed by atoms with E-state index in [-0.39, 0.29) is 23.3 Å². The molecule has 0 saturated heterocycles. The zero-order valence-corrected chi connectivity index (χ0v) is 24.8. The van der Waals surface area contributed by atoms with Crippen molar-refractivity contribution in [2.24, 2.45) is 23.2 Å². The molecule has 1 atom stereocenters. The average Bonchev–Trinajstić information content (AvgIpc) is 2.95. The van der Waals surface area contributed by atoms with Gasteiger partial charge in [-0.3, -0.25) is 9.59 Å². The number of anilines is 1. The van der Waals surface area contributed by atoms with Crippen molar-refractivity contribution >= 4 is 35.3 Å². The minimum absolute atomic E-state index is 0.0328. The summed E-state index contributed by atoms with van der Waals surface area (Å²) in [5.74, 6) is 2.48. The third-order valence-corrected chi connectivity index (χ3v) is 11.1. The van der Waals surface area contributed by atoms with Gasteiger partial charge < -0.3 is 10.2 Å². The van der Waals surface area contributed by atoms with Gasteiger partial charge in [0.25, 0.3) is 11.8 Å². The van der Waals surface area contributed by atoms with Crippen LogP contribution in [0.15, 0.2) is 82.6 Å². The molecule has 41 heavy (non-hydrogen) atoms. The Kier molecular flexibility index (Phi) is 6.81. The second kappa shape index (κ2) is 10.5. The number of thioether (sulfide) groups is 1. The minimum atomic E-state index is -0.0349. The maximum atomic E-state index is 13.9. The lowest BCUT2D eigenvalue weighted by molar-refractivity contribution is -0.114. The average molecular weight is 563 g/mol. The molecular formula is C36H38N2O2S. The van der Waals surface area contributed by atoms with Gasteiger partial charge in [0.2, 0.25) is 0 Å². The number of amides is 2. The molecule has 4 bridgehead atoms. The highest BCUT2D eigenvalue weighted by Crippen LogP contribution is 2.61. The van der Waals surface area contributed by atoms with Gasteiger partial charge in [-0.15, -0.1) is 0 Å². The highest BCUT2D eigenvalue weighted by molar-refractivity contribution is 8.04. The molecule has 5 heteroatoms. The lowest BCUT2D eigenvalue weighted by Crippen LogP contribution is -2.55. The molecule has 2 amide bonds. The van der Waals surface area contributed by atoms with Gasteiger partial charge in [0, 0.05) is 16.5 Å². The molecule has 3 aromatic carbocycles. The summed E-state index contributed by atoms with van der Waals surface area (Å²) in [5.41, 5.74) is 4.91. The van der Waals surface area contributed by atoms with E-state index in [2.05, 4.69) is 37.4 Å². The summed E-state index contributed by atoms with van der Waals surface area (Å²) >= 11 is 1.49. The number of nitrogens with zero attached hydrogens (tertiary/aromatic N) is 1. The Labute approximate surface area is 247 Å². The second-order valence-corrected chi connectivity index (χ2v) is 14.1. The number of hydrogen-bond donors (Lipinski definition) is 1. The normalized spacial score (nSPS) is 28.0. The fourth-order valence-electron chi connectivity index (χ4n) is 8.44. The predicted octanol–water partition coefficient (Wildman–Crippen LogP) is 8.01. The predicted molar refractivity (Wildman–Crippen MR) is 167 cm³/mol. The Bertz CT molecular complexity index is 1490. The first-order chi connectivity index (χ1) is 19.8. The van der Waals surface area contributed by atoms with Gasteiger partial charge in [-0.25, -0.2) is 0 Å². The number of benzene rings is 3. The molecule has 1 aliphatic heterocycles. The largest absolute Gasteiger partial charge is 0.349 e. The van der Waals surface area contributed by atoms with Crippen LogP contribution in [0.1, 0.15) is 72.5 Å². The molecule has 210 valence electrons. The van der Waals surface area contributed by atoms with Crippen LogP contribution in [0.4, 0.5) is 5.69 Å². The molecular weight excluding hydrogens is 524 g/mol. The Morgan fingerprint density at radius 3 is 2.37 bits per heavy atom. The van der Waals surface area contributed by atoms with E-state index in [1.54, 1.807) is 0 Å². The van der Waals surface area contributed by atoms with Gasteiger partial charge in [0.15, 0.2) is 0 Å². The number of carbonyl (C=O) groups excluding carboxylic acids is 2. The molecule has 0 spiro atoms. The van der Waals surface area contributed by atoms with Crippen molar-refractivity contribution in [3.63, 3.8) is 0 Å². The minimum Gasteiger partial charge on any atom is -0.349 e. The van der Waals surface area contributed by atoms with Gasteiger partial charge in [-0.2, -0.15) is 0 Å². The lowest BCUT2D eigenvalue weighted by atomic mass is 9.48. The smallest absolute Gasteiger partial charge is 0.265 e. The molecule has 4 saturated carbocycles. The van der Waals surface area contributed by atoms with Gasteiger partial charge in [-0.1, -0.05) is 71.9 Å². The van der Waals surface area contributed by atoms with E-state index < -0.39 is 0 Å². The lowest BCUT2D eigenvalue weighted by Gasteiger charge is -2.59. The van der Waals surface area contributed by atoms with E-state index in [9.17, 15) is 9.59 Å². The summed E-state index contributed by atoms with van der Waals surface area (Å²) in [5, 5.41) is 3.42. The molecule has 1 unspecified atom stereocenters. The van der Waals surface area contributed by atoms with Gasteiger partial charge >= 0.3 is 0 Å². The van der Waals surface area contributed by atoms with Crippen molar-refractivity contribution in [3.8, 4) is 0 Å². The van der Waals surface area contributed by atoms with Crippen LogP contribution < -0.4 is 10.2 Å². The molecule has 4 nitrogen and oxygen atoms in total. The van der Waals surface area contributed by atoms with Crippen molar-refractivity contribution in [2.45, 2.75) is 69.9 Å². The van der Waals surface area contributed by atoms with Gasteiger partial charge in [0.05, 0.1) is 17.1 Å². The van der Waals surface area contributed by atoms with Crippen molar-refractivity contribution in [3.05, 3.63) is 100.0 Å². The van der Waals surface area contributed by atoms with Crippen LogP contribution in [0, 0.1) is 30.1 Å². The van der Waals surface area contributed by atoms with Crippen LogP contribution in [0.5, 0.6) is 0 Å². The van der Waals surface area contributed by atoms with Crippen molar-refractivity contribution in [2.75, 3.05) is 4.90 Å². The zero-order chi connectivity index (χ0) is 28.1. The molecule has 1 N–H and O–H groups in total. The standard InChI is InChI=1S/C36H38N2O2S/c1-23-7-6-10-26(13-23)22-38-31-18-30(11-12-32(31)41-33(35(38)40)17-25-8-4-3-5-9-25)34(39)37-24(2)36-19-27-14-28(20-36)16-29(15-27)21-36/h3-13,17-18,24,27-29H,14-16,19-22H2,1-2H3,(H,37,39). The summed E-state index contributed by atoms with van der Waals surface area (Å²) in [4.78, 5) is 31.2. The van der Waals surface area contributed by atoms with Crippen LogP contribution >= 0.6 is 11.8 Å². The van der Waals surface area contributed by atoms with E-state index in [0.29, 0.717) is 17.0 Å². The number of carbonyl (C=O) groups is 2. The van der Waals surface area contributed by atoms with E-state index in [0.717, 1.165) is 45.0 Å². The third-order valence-electron chi connectivity index (χ3n) is 10.1. The van der Waals surface area contributed by atoms with E-state index in [4.69, 9.17) is 0 Å². The first-order valence-electron chi connectivity index (χ1n) is 15.1. The van der Waals surface area contributed by atoms with Crippen molar-refractivity contribution in [1.82, 2.24) is 5.32 Å². The van der Waals surface area contributed by atoms with Crippen LogP contribution in [0.25, 0.3) is 6.08 Å². The molecule has 0 radical (unpaired) electrons. The Morgan fingerprint density at radius 2 is 1.68 bits per heavy atom. The summed E-state index contributed by atoms with van der Waals surface area (Å²) in [6, 6.07) is 24.3. The highest BCUT2D eigenvalue weighted by atomic mass is 32.2. The number of nitrogens with one attached hydrogen (secondary N) is 1. The maximum absolute atomic E-state index is 13.9. The van der Waals surface area contributed by atoms with Crippen molar-refractivity contribution in [1.29, 1.82) is 0 Å². The molecule has 5 aliphatic rings. The fourth-order valence-corrected chi connectivity index (χ4v) is 9.48. The zero-order valence-electron chi connectivity index (χ0n) is 23.9. The van der Waals surface area contributed by atoms with Gasteiger partial charge in [0.1, 0.15) is 0 Å². The summed E-state index contributed by atoms with van der Waals surface area (Å²) in [6.07, 6.45) is 9.94. The van der Waals surface area contributed by atoms with Crippen LogP contribution in [0.3, 0.4) is 0 Å². The molecule has 0 aromatic heterocycles. The molecule has 4 aliphatic carbocycles. The van der Waals surface area contributed by atoms with E-state index >= 15 is 0 Å². The molecule has 3 aromatic rings. The Morgan fingerprint density at radius 1 is 0.976 bits per heavy atom. The summed E-state index contributed by atoms with van der Waals surface area (Å²) < 4.78 is 0. The third kappa shape index (κ3) is 5.14. The topological polar surface area (TPSA) is 49.4 Å². The highest BCUT2D eigenvalue weighted by Gasteiger charge is 2.53. The van der Waals surface area contributed by atoms with Crippen molar-refractivity contribution < 1.29 is 9.59 Å². The van der Waals surface area contributed by atoms with Crippen LogP contribution in [-0.4, -0.2) is 17.9 Å². The number of aryl methyl sites for hydroxylation is 1. The first-order valence-corrected chi connectivity index (χ1v) is 15.9. The van der Waals surface area contributed by atoms with Crippen LogP contribution in [-0.2, 0) is 11.3 Å². The SMILES string of the molecule is Cc1cccc(CN2C(=O)C(=Cc3ccccc3)Sc3ccc(C(=O)NC(C)C45CC6CC(CC(C6)C4)C5)cc32)c1.